The number of hydrogen-bond donors (Lipinski definition) is 1. The van der Waals surface area contributed by atoms with E-state index in [1.807, 2.05) is 16.8 Å². The van der Waals surface area contributed by atoms with Crippen molar-refractivity contribution >= 4 is 28.7 Å². The van der Waals surface area contributed by atoms with Gasteiger partial charge in [-0.1, -0.05) is 0 Å². The number of pyridine rings is 1. The lowest BCUT2D eigenvalue weighted by molar-refractivity contribution is -0.153. The van der Waals surface area contributed by atoms with E-state index in [0.29, 0.717) is 24.2 Å². The van der Waals surface area contributed by atoms with Crippen molar-refractivity contribution in [2.45, 2.75) is 84.8 Å². The van der Waals surface area contributed by atoms with Crippen LogP contribution >= 0.6 is 0 Å². The van der Waals surface area contributed by atoms with Crippen molar-refractivity contribution in [2.75, 3.05) is 19.7 Å². The Morgan fingerprint density at radius 3 is 2.49 bits per heavy atom. The molecule has 1 aromatic carbocycles. The molecule has 0 spiro atoms. The number of carbonyl (C=O) groups is 3. The summed E-state index contributed by atoms with van der Waals surface area (Å²) in [5.41, 5.74) is 0.499. The van der Waals surface area contributed by atoms with Crippen molar-refractivity contribution in [3.8, 4) is 16.9 Å². The molecule has 5 rings (SSSR count). The molecule has 3 heterocycles. The third kappa shape index (κ3) is 7.03. The van der Waals surface area contributed by atoms with E-state index >= 15 is 0 Å². The molecule has 2 aromatic heterocycles. The zero-order valence-electron chi connectivity index (χ0n) is 26.0. The van der Waals surface area contributed by atoms with Gasteiger partial charge in [0, 0.05) is 48.3 Å². The van der Waals surface area contributed by atoms with Gasteiger partial charge in [0.2, 0.25) is 11.3 Å². The first-order valence-electron chi connectivity index (χ1n) is 15.0. The van der Waals surface area contributed by atoms with Crippen LogP contribution in [0.4, 0.5) is 8.78 Å². The smallest absolute Gasteiger partial charge is 0.387 e. The van der Waals surface area contributed by atoms with Crippen molar-refractivity contribution in [1.29, 1.82) is 0 Å². The highest BCUT2D eigenvalue weighted by atomic mass is 19.3. The van der Waals surface area contributed by atoms with E-state index < -0.39 is 35.6 Å². The lowest BCUT2D eigenvalue weighted by Gasteiger charge is -2.31. The third-order valence-corrected chi connectivity index (χ3v) is 7.71. The number of halogens is 2. The van der Waals surface area contributed by atoms with E-state index in [1.165, 1.54) is 12.3 Å². The van der Waals surface area contributed by atoms with Crippen LogP contribution in [0.2, 0.25) is 0 Å². The summed E-state index contributed by atoms with van der Waals surface area (Å²) in [7, 11) is 0. The molecule has 1 unspecified atom stereocenters. The molecule has 0 bridgehead atoms. The molecule has 45 heavy (non-hydrogen) atoms. The van der Waals surface area contributed by atoms with Crippen LogP contribution in [0.25, 0.3) is 22.0 Å². The summed E-state index contributed by atoms with van der Waals surface area (Å²) in [6.45, 7) is 6.58. The van der Waals surface area contributed by atoms with E-state index in [1.54, 1.807) is 50.2 Å². The highest BCUT2D eigenvalue weighted by Crippen LogP contribution is 2.43. The van der Waals surface area contributed by atoms with Crippen molar-refractivity contribution in [3.63, 3.8) is 0 Å². The monoisotopic (exact) mass is 628 g/mol. The Balaban J connectivity index is 1.45. The molecule has 0 saturated heterocycles. The molecule has 1 N–H and O–H groups in total. The number of esters is 2. The summed E-state index contributed by atoms with van der Waals surface area (Å²) in [6.07, 6.45) is 4.71. The summed E-state index contributed by atoms with van der Waals surface area (Å²) in [5, 5.41) is 3.01. The van der Waals surface area contributed by atoms with E-state index in [-0.39, 0.29) is 53.9 Å². The maximum atomic E-state index is 13.9. The molecule has 11 nitrogen and oxygen atoms in total. The highest BCUT2D eigenvalue weighted by molar-refractivity contribution is 5.98. The number of nitrogens with one attached hydrogen (secondary N) is 1. The minimum atomic E-state index is -3.16. The average molecular weight is 629 g/mol. The quantitative estimate of drug-likeness (QED) is 0.331. The second kappa shape index (κ2) is 12.6. The zero-order chi connectivity index (χ0) is 32.6. The van der Waals surface area contributed by atoms with Gasteiger partial charge in [-0.25, -0.2) is 4.79 Å². The van der Waals surface area contributed by atoms with Gasteiger partial charge in [0.15, 0.2) is 5.75 Å². The fourth-order valence-electron chi connectivity index (χ4n) is 5.56. The number of carbonyl (C=O) groups excluding carboxylic acids is 3. The van der Waals surface area contributed by atoms with Gasteiger partial charge in [-0.2, -0.15) is 8.78 Å². The predicted octanol–water partition coefficient (Wildman–Crippen LogP) is 4.25. The van der Waals surface area contributed by atoms with Crippen molar-refractivity contribution in [3.05, 3.63) is 52.1 Å². The Kier molecular flexibility index (Phi) is 9.02. The number of nitrogens with zero attached hydrogens (tertiary/aromatic N) is 3. The van der Waals surface area contributed by atoms with Crippen LogP contribution in [-0.4, -0.2) is 69.8 Å². The summed E-state index contributed by atoms with van der Waals surface area (Å²) >= 11 is 0. The second-order valence-corrected chi connectivity index (χ2v) is 12.3. The molecule has 13 heteroatoms. The first kappa shape index (κ1) is 32.1. The first-order chi connectivity index (χ1) is 21.3. The number of benzene rings is 1. The topological polar surface area (TPSA) is 121 Å². The van der Waals surface area contributed by atoms with Gasteiger partial charge < -0.3 is 28.2 Å². The van der Waals surface area contributed by atoms with E-state index in [4.69, 9.17) is 14.2 Å². The largest absolute Gasteiger partial charge is 0.462 e. The van der Waals surface area contributed by atoms with Crippen LogP contribution in [0, 0.1) is 0 Å². The molecule has 3 aromatic rings. The van der Waals surface area contributed by atoms with Crippen LogP contribution in [0.15, 0.2) is 35.4 Å². The summed E-state index contributed by atoms with van der Waals surface area (Å²) in [5.74, 6) is -1.57. The molecule has 1 atom stereocenters. The van der Waals surface area contributed by atoms with Crippen LogP contribution in [-0.2, 0) is 32.2 Å². The van der Waals surface area contributed by atoms with Gasteiger partial charge in [0.1, 0.15) is 11.2 Å². The lowest BCUT2D eigenvalue weighted by Crippen LogP contribution is -2.48. The molecule has 2 aliphatic rings. The SMILES string of the molecule is CCOC(=O)c1cn(C2CC2)c2c(OC(F)F)c(-c3cc4n(c3)CCN(C(=O)C(C)NCC(=O)OC(C)(C)C)C4)ccc2c1=O. The molecule has 1 amide bonds. The summed E-state index contributed by atoms with van der Waals surface area (Å²) in [6, 6.07) is 4.16. The Morgan fingerprint density at radius 2 is 1.84 bits per heavy atom. The number of aromatic nitrogens is 2. The van der Waals surface area contributed by atoms with Gasteiger partial charge in [-0.05, 0) is 65.7 Å². The average Bonchev–Trinajstić information content (AvgIpc) is 3.72. The van der Waals surface area contributed by atoms with Gasteiger partial charge in [-0.3, -0.25) is 19.7 Å². The van der Waals surface area contributed by atoms with E-state index in [2.05, 4.69) is 5.32 Å². The van der Waals surface area contributed by atoms with Gasteiger partial charge in [0.05, 0.1) is 36.6 Å². The molecule has 1 saturated carbocycles. The summed E-state index contributed by atoms with van der Waals surface area (Å²) < 4.78 is 46.8. The van der Waals surface area contributed by atoms with E-state index in [9.17, 15) is 28.0 Å². The Labute approximate surface area is 259 Å². The van der Waals surface area contributed by atoms with Gasteiger partial charge in [0.25, 0.3) is 0 Å². The van der Waals surface area contributed by atoms with Crippen LogP contribution in [0.1, 0.15) is 69.6 Å². The Morgan fingerprint density at radius 1 is 1.11 bits per heavy atom. The second-order valence-electron chi connectivity index (χ2n) is 12.3. The standard InChI is InChI=1S/C32H38F2N4O7/c1-6-43-30(42)24-17-38(20-7-8-20)26-23(27(24)40)10-9-22(28(26)44-31(33)34)19-13-21-16-37(12-11-36(21)15-19)29(41)18(2)35-14-25(39)45-32(3,4)5/h9-10,13,15,17-18,20,31,35H,6-8,11-12,14,16H2,1-5H3. The molecule has 1 fully saturated rings. The number of alkyl halides is 2. The van der Waals surface area contributed by atoms with Crippen molar-refractivity contribution in [2.24, 2.45) is 0 Å². The molecular weight excluding hydrogens is 590 g/mol. The molecule has 0 radical (unpaired) electrons. The zero-order valence-corrected chi connectivity index (χ0v) is 26.0. The van der Waals surface area contributed by atoms with Crippen molar-refractivity contribution in [1.82, 2.24) is 19.4 Å². The van der Waals surface area contributed by atoms with Crippen LogP contribution < -0.4 is 15.5 Å². The molecule has 1 aliphatic heterocycles. The summed E-state index contributed by atoms with van der Waals surface area (Å²) in [4.78, 5) is 52.9. The van der Waals surface area contributed by atoms with Crippen molar-refractivity contribution < 1.29 is 37.4 Å². The normalized spacial score (nSPS) is 15.6. The Hall–Kier alpha value is -4.26. The number of ether oxygens (including phenoxy) is 3. The fourth-order valence-corrected chi connectivity index (χ4v) is 5.56. The lowest BCUT2D eigenvalue weighted by atomic mass is 10.0. The minimum Gasteiger partial charge on any atom is -0.462 e. The molecule has 242 valence electrons. The Bertz CT molecular complexity index is 1690. The fraction of sp³-hybridized carbons (Fsp3) is 0.500. The highest BCUT2D eigenvalue weighted by Gasteiger charge is 2.31. The predicted molar refractivity (Wildman–Crippen MR) is 161 cm³/mol. The van der Waals surface area contributed by atoms with Gasteiger partial charge >= 0.3 is 18.6 Å². The van der Waals surface area contributed by atoms with Gasteiger partial charge in [-0.15, -0.1) is 0 Å². The molecular formula is C32H38F2N4O7. The minimum absolute atomic E-state index is 0.0794. The maximum absolute atomic E-state index is 13.9. The van der Waals surface area contributed by atoms with Crippen LogP contribution in [0.5, 0.6) is 5.75 Å². The maximum Gasteiger partial charge on any atom is 0.387 e. The first-order valence-corrected chi connectivity index (χ1v) is 15.0. The number of hydrogen-bond acceptors (Lipinski definition) is 8. The van der Waals surface area contributed by atoms with E-state index in [0.717, 1.165) is 18.5 Å². The molecule has 1 aliphatic carbocycles. The van der Waals surface area contributed by atoms with Crippen LogP contribution in [0.3, 0.4) is 0 Å². The number of amides is 1. The number of fused-ring (bicyclic) bond motifs is 2. The number of rotatable bonds is 10. The third-order valence-electron chi connectivity index (χ3n) is 7.71.